The second-order valence-corrected chi connectivity index (χ2v) is 5.24. The van der Waals surface area contributed by atoms with Crippen molar-refractivity contribution in [2.45, 2.75) is 19.8 Å². The van der Waals surface area contributed by atoms with E-state index in [-0.39, 0.29) is 5.97 Å². The zero-order valence-electron chi connectivity index (χ0n) is 11.4. The summed E-state index contributed by atoms with van der Waals surface area (Å²) in [4.78, 5) is 12.2. The largest absolute Gasteiger partial charge is 0.425 e. The summed E-state index contributed by atoms with van der Waals surface area (Å²) < 4.78 is 5.42. The van der Waals surface area contributed by atoms with Gasteiger partial charge in [0.2, 0.25) is 0 Å². The van der Waals surface area contributed by atoms with Gasteiger partial charge >= 0.3 is 5.97 Å². The van der Waals surface area contributed by atoms with Crippen LogP contribution >= 0.6 is 0 Å². The first-order valence-corrected chi connectivity index (χ1v) is 6.45. The van der Waals surface area contributed by atoms with Gasteiger partial charge in [-0.15, -0.1) is 0 Å². The molecular weight excluding hydrogens is 252 g/mol. The van der Waals surface area contributed by atoms with Crippen LogP contribution in [0, 0.1) is 13.8 Å². The van der Waals surface area contributed by atoms with Gasteiger partial charge in [0, 0.05) is 16.9 Å². The topological polar surface area (TPSA) is 78.3 Å². The summed E-state index contributed by atoms with van der Waals surface area (Å²) in [5.41, 5.74) is 16.6. The maximum Gasteiger partial charge on any atom is 0.323 e. The van der Waals surface area contributed by atoms with Crippen LogP contribution in [-0.2, 0) is 4.79 Å². The number of ether oxygens (including phenoxy) is 1. The quantitative estimate of drug-likeness (QED) is 0.473. The lowest BCUT2D eigenvalue weighted by atomic mass is 9.89. The Balaban J connectivity index is 2.22. The third kappa shape index (κ3) is 1.81. The van der Waals surface area contributed by atoms with Crippen molar-refractivity contribution >= 4 is 17.3 Å². The molecule has 0 fully saturated rings. The molecule has 4 N–H and O–H groups in total. The first-order chi connectivity index (χ1) is 9.47. The van der Waals surface area contributed by atoms with Gasteiger partial charge in [-0.2, -0.15) is 0 Å². The molecule has 0 bridgehead atoms. The molecule has 2 aromatic rings. The first kappa shape index (κ1) is 12.5. The smallest absolute Gasteiger partial charge is 0.323 e. The molecule has 4 nitrogen and oxygen atoms in total. The van der Waals surface area contributed by atoms with E-state index in [1.165, 1.54) is 0 Å². The predicted octanol–water partition coefficient (Wildman–Crippen LogP) is 2.52. The normalized spacial score (nSPS) is 16.9. The van der Waals surface area contributed by atoms with Gasteiger partial charge in [0.1, 0.15) is 11.7 Å². The highest BCUT2D eigenvalue weighted by atomic mass is 16.5. The molecule has 0 saturated heterocycles. The number of fused-ring (bicyclic) bond motifs is 1. The van der Waals surface area contributed by atoms with Gasteiger partial charge in [-0.05, 0) is 43.2 Å². The fourth-order valence-corrected chi connectivity index (χ4v) is 2.77. The van der Waals surface area contributed by atoms with Crippen molar-refractivity contribution in [1.29, 1.82) is 0 Å². The monoisotopic (exact) mass is 268 g/mol. The van der Waals surface area contributed by atoms with Crippen molar-refractivity contribution < 1.29 is 9.53 Å². The average molecular weight is 268 g/mol. The Morgan fingerprint density at radius 2 is 1.80 bits per heavy atom. The summed E-state index contributed by atoms with van der Waals surface area (Å²) >= 11 is 0. The van der Waals surface area contributed by atoms with E-state index >= 15 is 0 Å². The van der Waals surface area contributed by atoms with Gasteiger partial charge in [0.05, 0.1) is 0 Å². The van der Waals surface area contributed by atoms with Crippen molar-refractivity contribution in [3.8, 4) is 5.75 Å². The van der Waals surface area contributed by atoms with E-state index in [2.05, 4.69) is 0 Å². The van der Waals surface area contributed by atoms with E-state index in [0.29, 0.717) is 22.7 Å². The molecule has 1 atom stereocenters. The zero-order chi connectivity index (χ0) is 14.4. The lowest BCUT2D eigenvalue weighted by molar-refractivity contribution is -0.133. The van der Waals surface area contributed by atoms with Crippen molar-refractivity contribution in [3.05, 3.63) is 52.6 Å². The van der Waals surface area contributed by atoms with E-state index in [1.807, 2.05) is 26.0 Å². The highest BCUT2D eigenvalue weighted by molar-refractivity contribution is 5.92. The molecule has 1 unspecified atom stereocenters. The minimum absolute atomic E-state index is 0.300. The van der Waals surface area contributed by atoms with Gasteiger partial charge in [0.25, 0.3) is 0 Å². The molecule has 0 aliphatic carbocycles. The summed E-state index contributed by atoms with van der Waals surface area (Å²) in [6.45, 7) is 3.93. The van der Waals surface area contributed by atoms with Crippen LogP contribution in [0.1, 0.15) is 28.2 Å². The average Bonchev–Trinajstić information content (AvgIpc) is 2.69. The SMILES string of the molecule is Cc1cc(C)c2c(c1)C(c1cc(N)ccc1N)C(=O)O2. The number of nitrogen functional groups attached to an aromatic ring is 2. The second-order valence-electron chi connectivity index (χ2n) is 5.24. The number of esters is 1. The number of rotatable bonds is 1. The molecule has 0 aromatic heterocycles. The van der Waals surface area contributed by atoms with Crippen LogP contribution in [-0.4, -0.2) is 5.97 Å². The van der Waals surface area contributed by atoms with E-state index < -0.39 is 5.92 Å². The van der Waals surface area contributed by atoms with E-state index in [0.717, 1.165) is 16.7 Å². The minimum Gasteiger partial charge on any atom is -0.425 e. The van der Waals surface area contributed by atoms with Gasteiger partial charge in [-0.3, -0.25) is 4.79 Å². The lowest BCUT2D eigenvalue weighted by Crippen LogP contribution is -2.13. The Hall–Kier alpha value is -2.49. The molecule has 3 rings (SSSR count). The molecule has 0 saturated carbocycles. The first-order valence-electron chi connectivity index (χ1n) is 6.45. The minimum atomic E-state index is -0.493. The molecule has 0 spiro atoms. The molecule has 1 aliphatic rings. The van der Waals surface area contributed by atoms with Crippen molar-refractivity contribution in [2.24, 2.45) is 0 Å². The van der Waals surface area contributed by atoms with Gasteiger partial charge in [-0.1, -0.05) is 17.7 Å². The fourth-order valence-electron chi connectivity index (χ4n) is 2.77. The Morgan fingerprint density at radius 1 is 1.05 bits per heavy atom. The second kappa shape index (κ2) is 4.27. The molecule has 0 radical (unpaired) electrons. The summed E-state index contributed by atoms with van der Waals surface area (Å²) in [7, 11) is 0. The van der Waals surface area contributed by atoms with Crippen molar-refractivity contribution in [2.75, 3.05) is 11.5 Å². The molecule has 1 heterocycles. The number of aryl methyl sites for hydroxylation is 2. The Labute approximate surface area is 117 Å². The van der Waals surface area contributed by atoms with Crippen LogP contribution in [0.4, 0.5) is 11.4 Å². The van der Waals surface area contributed by atoms with Crippen molar-refractivity contribution in [3.63, 3.8) is 0 Å². The predicted molar refractivity (Wildman–Crippen MR) is 78.7 cm³/mol. The van der Waals surface area contributed by atoms with Crippen LogP contribution < -0.4 is 16.2 Å². The fraction of sp³-hybridized carbons (Fsp3) is 0.188. The molecule has 4 heteroatoms. The maximum absolute atomic E-state index is 12.2. The summed E-state index contributed by atoms with van der Waals surface area (Å²) in [6, 6.07) is 9.16. The summed E-state index contributed by atoms with van der Waals surface area (Å²) in [6.07, 6.45) is 0. The Morgan fingerprint density at radius 3 is 2.55 bits per heavy atom. The third-order valence-corrected chi connectivity index (χ3v) is 3.62. The highest BCUT2D eigenvalue weighted by Crippen LogP contribution is 2.43. The lowest BCUT2D eigenvalue weighted by Gasteiger charge is -2.12. The number of hydrogen-bond donors (Lipinski definition) is 2. The Kier molecular flexibility index (Phi) is 2.67. The van der Waals surface area contributed by atoms with Gasteiger partial charge < -0.3 is 16.2 Å². The van der Waals surface area contributed by atoms with Crippen LogP contribution in [0.2, 0.25) is 0 Å². The number of carbonyl (C=O) groups excluding carboxylic acids is 1. The molecule has 20 heavy (non-hydrogen) atoms. The standard InChI is InChI=1S/C16H16N2O2/c1-8-5-9(2)15-12(6-8)14(16(19)20-15)11-7-10(17)3-4-13(11)18/h3-7,14H,17-18H2,1-2H3. The molecular formula is C16H16N2O2. The number of hydrogen-bond acceptors (Lipinski definition) is 4. The molecule has 1 aliphatic heterocycles. The number of benzene rings is 2. The molecule has 102 valence electrons. The van der Waals surface area contributed by atoms with Crippen LogP contribution in [0.3, 0.4) is 0 Å². The highest BCUT2D eigenvalue weighted by Gasteiger charge is 2.36. The maximum atomic E-state index is 12.2. The van der Waals surface area contributed by atoms with Crippen molar-refractivity contribution in [1.82, 2.24) is 0 Å². The van der Waals surface area contributed by atoms with Crippen LogP contribution in [0.15, 0.2) is 30.3 Å². The van der Waals surface area contributed by atoms with Gasteiger partial charge in [-0.25, -0.2) is 0 Å². The van der Waals surface area contributed by atoms with E-state index in [1.54, 1.807) is 18.2 Å². The zero-order valence-corrected chi connectivity index (χ0v) is 11.4. The number of nitrogens with two attached hydrogens (primary N) is 2. The van der Waals surface area contributed by atoms with Crippen LogP contribution in [0.25, 0.3) is 0 Å². The van der Waals surface area contributed by atoms with E-state index in [9.17, 15) is 4.79 Å². The summed E-state index contributed by atoms with van der Waals surface area (Å²) in [5, 5.41) is 0. The van der Waals surface area contributed by atoms with Gasteiger partial charge in [0.15, 0.2) is 0 Å². The Bertz CT molecular complexity index is 723. The molecule has 0 amide bonds. The molecule has 2 aromatic carbocycles. The number of carbonyl (C=O) groups is 1. The van der Waals surface area contributed by atoms with E-state index in [4.69, 9.17) is 16.2 Å². The third-order valence-electron chi connectivity index (χ3n) is 3.62. The number of anilines is 2. The van der Waals surface area contributed by atoms with Crippen LogP contribution in [0.5, 0.6) is 5.75 Å². The summed E-state index contributed by atoms with van der Waals surface area (Å²) in [5.74, 6) is -0.148.